The summed E-state index contributed by atoms with van der Waals surface area (Å²) < 4.78 is 1.56. The van der Waals surface area contributed by atoms with Crippen molar-refractivity contribution in [2.75, 3.05) is 6.54 Å². The van der Waals surface area contributed by atoms with Gasteiger partial charge >= 0.3 is 0 Å². The maximum Gasteiger partial charge on any atom is 0.252 e. The van der Waals surface area contributed by atoms with Crippen LogP contribution < -0.4 is 11.1 Å². The maximum absolute atomic E-state index is 8.55. The molecule has 0 fully saturated rings. The zero-order chi connectivity index (χ0) is 12.9. The van der Waals surface area contributed by atoms with E-state index in [-0.39, 0.29) is 35.3 Å². The summed E-state index contributed by atoms with van der Waals surface area (Å²) in [7, 11) is 0. The van der Waals surface area contributed by atoms with Gasteiger partial charge in [0, 0.05) is 5.54 Å². The molecule has 0 radical (unpaired) electrons. The largest absolute Gasteiger partial charge is 0.370 e. The molecule has 0 saturated carbocycles. The third kappa shape index (κ3) is 6.39. The minimum atomic E-state index is -0.102. The summed E-state index contributed by atoms with van der Waals surface area (Å²) in [5.41, 5.74) is 5.59. The average molecular weight is 363 g/mol. The Morgan fingerprint density at radius 1 is 1.61 bits per heavy atom. The smallest absolute Gasteiger partial charge is 0.252 e. The van der Waals surface area contributed by atoms with Gasteiger partial charge in [0.05, 0.1) is 13.1 Å². The molecule has 0 unspecified atom stereocenters. The Bertz CT molecular complexity index is 438. The number of aliphatic imine (C=N–C) groups is 1. The standard InChI is InChI=1S/C10H17N7.HI/c1-10(2,3)15-9(12)13-4-5-17-7-14-8(6-11)16-17;/h7H,4-5H2,1-3H3,(H3,12,13,15);1H. The zero-order valence-electron chi connectivity index (χ0n) is 10.7. The van der Waals surface area contributed by atoms with Crippen molar-refractivity contribution in [2.24, 2.45) is 10.7 Å². The average Bonchev–Trinajstić information content (AvgIpc) is 2.63. The van der Waals surface area contributed by atoms with Gasteiger partial charge in [-0.15, -0.1) is 29.1 Å². The molecule has 0 aliphatic rings. The molecule has 1 rings (SSSR count). The zero-order valence-corrected chi connectivity index (χ0v) is 13.0. The molecule has 1 aromatic heterocycles. The van der Waals surface area contributed by atoms with Gasteiger partial charge in [0.1, 0.15) is 12.4 Å². The summed E-state index contributed by atoms with van der Waals surface area (Å²) in [5.74, 6) is 0.563. The van der Waals surface area contributed by atoms with E-state index in [0.29, 0.717) is 19.0 Å². The summed E-state index contributed by atoms with van der Waals surface area (Å²) in [4.78, 5) is 7.94. The van der Waals surface area contributed by atoms with Crippen LogP contribution in [0, 0.1) is 11.3 Å². The minimum absolute atomic E-state index is 0. The van der Waals surface area contributed by atoms with Crippen molar-refractivity contribution in [3.8, 4) is 6.07 Å². The number of halogens is 1. The van der Waals surface area contributed by atoms with Crippen LogP contribution in [0.4, 0.5) is 0 Å². The van der Waals surface area contributed by atoms with Crippen LogP contribution >= 0.6 is 24.0 Å². The molecule has 7 nitrogen and oxygen atoms in total. The van der Waals surface area contributed by atoms with Crippen LogP contribution in [0.3, 0.4) is 0 Å². The number of hydrogen-bond acceptors (Lipinski definition) is 4. The van der Waals surface area contributed by atoms with Crippen molar-refractivity contribution >= 4 is 29.9 Å². The Labute approximate surface area is 123 Å². The first-order valence-electron chi connectivity index (χ1n) is 5.28. The number of nitriles is 1. The van der Waals surface area contributed by atoms with Gasteiger partial charge in [0.25, 0.3) is 5.82 Å². The second-order valence-corrected chi connectivity index (χ2v) is 4.59. The molecule has 3 N–H and O–H groups in total. The Morgan fingerprint density at radius 2 is 2.28 bits per heavy atom. The summed E-state index contributed by atoms with van der Waals surface area (Å²) in [6.45, 7) is 7.05. The van der Waals surface area contributed by atoms with Crippen LogP contribution in [0.1, 0.15) is 26.6 Å². The molecular formula is C10H18IN7. The predicted molar refractivity (Wildman–Crippen MR) is 79.5 cm³/mol. The van der Waals surface area contributed by atoms with Gasteiger partial charge < -0.3 is 11.1 Å². The highest BCUT2D eigenvalue weighted by Gasteiger charge is 2.09. The summed E-state index contributed by atoms with van der Waals surface area (Å²) in [6, 6.07) is 1.86. The molecule has 1 heterocycles. The van der Waals surface area contributed by atoms with E-state index in [1.807, 2.05) is 26.8 Å². The van der Waals surface area contributed by atoms with E-state index < -0.39 is 0 Å². The number of nitrogens with zero attached hydrogens (tertiary/aromatic N) is 5. The fourth-order valence-electron chi connectivity index (χ4n) is 1.15. The normalized spacial score (nSPS) is 11.6. The van der Waals surface area contributed by atoms with Crippen molar-refractivity contribution in [3.63, 3.8) is 0 Å². The topological polar surface area (TPSA) is 105 Å². The fraction of sp³-hybridized carbons (Fsp3) is 0.600. The van der Waals surface area contributed by atoms with Gasteiger partial charge in [-0.25, -0.2) is 9.67 Å². The molecule has 0 atom stereocenters. The van der Waals surface area contributed by atoms with E-state index in [1.165, 1.54) is 6.33 Å². The molecular weight excluding hydrogens is 345 g/mol. The predicted octanol–water partition coefficient (Wildman–Crippen LogP) is 0.471. The molecule has 1 aromatic rings. The van der Waals surface area contributed by atoms with Gasteiger partial charge in [0.15, 0.2) is 5.96 Å². The maximum atomic E-state index is 8.55. The number of nitrogens with one attached hydrogen (secondary N) is 1. The monoisotopic (exact) mass is 363 g/mol. The third-order valence-electron chi connectivity index (χ3n) is 1.75. The Hall–Kier alpha value is -1.37. The van der Waals surface area contributed by atoms with Crippen LogP contribution in [-0.2, 0) is 6.54 Å². The number of guanidine groups is 1. The Balaban J connectivity index is 0.00000289. The van der Waals surface area contributed by atoms with Crippen molar-refractivity contribution < 1.29 is 0 Å². The third-order valence-corrected chi connectivity index (χ3v) is 1.75. The molecule has 18 heavy (non-hydrogen) atoms. The highest BCUT2D eigenvalue weighted by atomic mass is 127. The summed E-state index contributed by atoms with van der Waals surface area (Å²) in [5, 5.41) is 15.5. The van der Waals surface area contributed by atoms with E-state index >= 15 is 0 Å². The SMILES string of the molecule is CC(C)(C)NC(N)=NCCn1cnc(C#N)n1.I. The van der Waals surface area contributed by atoms with Crippen LogP contribution in [0.15, 0.2) is 11.3 Å². The molecule has 0 aromatic carbocycles. The van der Waals surface area contributed by atoms with Crippen LogP contribution in [0.25, 0.3) is 0 Å². The van der Waals surface area contributed by atoms with Gasteiger partial charge in [-0.1, -0.05) is 0 Å². The Morgan fingerprint density at radius 3 is 2.78 bits per heavy atom. The van der Waals surface area contributed by atoms with E-state index in [4.69, 9.17) is 11.0 Å². The van der Waals surface area contributed by atoms with Gasteiger partial charge in [-0.2, -0.15) is 5.26 Å². The molecule has 0 bridgehead atoms. The number of rotatable bonds is 3. The number of hydrogen-bond donors (Lipinski definition) is 2. The molecule has 0 spiro atoms. The number of aromatic nitrogens is 3. The second kappa shape index (κ2) is 7.15. The van der Waals surface area contributed by atoms with Crippen LogP contribution in [0.2, 0.25) is 0 Å². The number of nitrogens with two attached hydrogens (primary N) is 1. The van der Waals surface area contributed by atoms with E-state index in [2.05, 4.69) is 20.4 Å². The quantitative estimate of drug-likeness (QED) is 0.462. The second-order valence-electron chi connectivity index (χ2n) is 4.59. The summed E-state index contributed by atoms with van der Waals surface area (Å²) in [6.07, 6.45) is 1.50. The van der Waals surface area contributed by atoms with Gasteiger partial charge in [0.2, 0.25) is 0 Å². The fourth-order valence-corrected chi connectivity index (χ4v) is 1.15. The first-order valence-corrected chi connectivity index (χ1v) is 5.28. The van der Waals surface area contributed by atoms with E-state index in [9.17, 15) is 0 Å². The van der Waals surface area contributed by atoms with Crippen molar-refractivity contribution in [1.29, 1.82) is 5.26 Å². The lowest BCUT2D eigenvalue weighted by Gasteiger charge is -2.20. The highest BCUT2D eigenvalue weighted by molar-refractivity contribution is 14.0. The van der Waals surface area contributed by atoms with Crippen molar-refractivity contribution in [2.45, 2.75) is 32.9 Å². The molecule has 8 heteroatoms. The molecule has 100 valence electrons. The lowest BCUT2D eigenvalue weighted by Crippen LogP contribution is -2.45. The Kier molecular flexibility index (Phi) is 6.61. The lowest BCUT2D eigenvalue weighted by atomic mass is 10.1. The van der Waals surface area contributed by atoms with Gasteiger partial charge in [-0.3, -0.25) is 4.99 Å². The first-order chi connectivity index (χ1) is 7.90. The summed E-state index contributed by atoms with van der Waals surface area (Å²) >= 11 is 0. The van der Waals surface area contributed by atoms with Crippen molar-refractivity contribution in [3.05, 3.63) is 12.2 Å². The van der Waals surface area contributed by atoms with Crippen LogP contribution in [-0.4, -0.2) is 32.8 Å². The first kappa shape index (κ1) is 16.6. The molecule has 0 aliphatic heterocycles. The van der Waals surface area contributed by atoms with Gasteiger partial charge in [-0.05, 0) is 20.8 Å². The van der Waals surface area contributed by atoms with E-state index in [1.54, 1.807) is 4.68 Å². The molecule has 0 amide bonds. The molecule has 0 saturated heterocycles. The van der Waals surface area contributed by atoms with Crippen LogP contribution in [0.5, 0.6) is 0 Å². The lowest BCUT2D eigenvalue weighted by molar-refractivity contribution is 0.507. The van der Waals surface area contributed by atoms with E-state index in [0.717, 1.165) is 0 Å². The minimum Gasteiger partial charge on any atom is -0.370 e. The molecule has 0 aliphatic carbocycles. The van der Waals surface area contributed by atoms with Crippen molar-refractivity contribution in [1.82, 2.24) is 20.1 Å². The highest BCUT2D eigenvalue weighted by Crippen LogP contribution is 1.97.